The van der Waals surface area contributed by atoms with E-state index in [9.17, 15) is 4.79 Å². The second-order valence-electron chi connectivity index (χ2n) is 4.90. The summed E-state index contributed by atoms with van der Waals surface area (Å²) < 4.78 is 5.10. The van der Waals surface area contributed by atoms with E-state index in [1.54, 1.807) is 12.1 Å². The average Bonchev–Trinajstić information content (AvgIpc) is 2.17. The summed E-state index contributed by atoms with van der Waals surface area (Å²) in [5.41, 5.74) is 0.198. The van der Waals surface area contributed by atoms with Gasteiger partial charge in [-0.05, 0) is 24.0 Å². The van der Waals surface area contributed by atoms with Crippen LogP contribution in [0.25, 0.3) is 0 Å². The number of allylic oxidation sites excluding steroid dienone is 1. The average molecular weight is 218 g/mol. The second kappa shape index (κ2) is 5.50. The van der Waals surface area contributed by atoms with Gasteiger partial charge >= 0.3 is 5.97 Å². The van der Waals surface area contributed by atoms with Gasteiger partial charge in [-0.2, -0.15) is 0 Å². The molecule has 0 aliphatic carbocycles. The zero-order valence-corrected chi connectivity index (χ0v) is 10.1. The summed E-state index contributed by atoms with van der Waals surface area (Å²) >= 11 is 0. The van der Waals surface area contributed by atoms with E-state index in [-0.39, 0.29) is 11.4 Å². The lowest BCUT2D eigenvalue weighted by atomic mass is 9.92. The Morgan fingerprint density at radius 3 is 2.44 bits per heavy atom. The van der Waals surface area contributed by atoms with E-state index < -0.39 is 0 Å². The van der Waals surface area contributed by atoms with Crippen molar-refractivity contribution in [3.05, 3.63) is 42.5 Å². The summed E-state index contributed by atoms with van der Waals surface area (Å²) in [4.78, 5) is 11.4. The van der Waals surface area contributed by atoms with Gasteiger partial charge in [0.25, 0.3) is 0 Å². The zero-order valence-electron chi connectivity index (χ0n) is 10.1. The molecule has 16 heavy (non-hydrogen) atoms. The van der Waals surface area contributed by atoms with Crippen molar-refractivity contribution < 1.29 is 9.53 Å². The van der Waals surface area contributed by atoms with Crippen LogP contribution >= 0.6 is 0 Å². The summed E-state index contributed by atoms with van der Waals surface area (Å²) in [5, 5.41) is 0. The topological polar surface area (TPSA) is 26.3 Å². The first kappa shape index (κ1) is 12.5. The molecular formula is C14H18O2. The smallest absolute Gasteiger partial charge is 0.335 e. The Bertz CT molecular complexity index is 358. The van der Waals surface area contributed by atoms with Gasteiger partial charge < -0.3 is 4.74 Å². The lowest BCUT2D eigenvalue weighted by molar-refractivity contribution is -0.129. The first-order valence-corrected chi connectivity index (χ1v) is 5.41. The van der Waals surface area contributed by atoms with E-state index in [4.69, 9.17) is 4.74 Å². The molecule has 0 heterocycles. The van der Waals surface area contributed by atoms with Crippen molar-refractivity contribution in [2.75, 3.05) is 0 Å². The fourth-order valence-corrected chi connectivity index (χ4v) is 1.15. The molecule has 0 aliphatic heterocycles. The molecule has 0 unspecified atom stereocenters. The highest BCUT2D eigenvalue weighted by Crippen LogP contribution is 2.18. The van der Waals surface area contributed by atoms with Gasteiger partial charge in [0.15, 0.2) is 0 Å². The molecule has 0 N–H and O–H groups in total. The molecule has 0 radical (unpaired) electrons. The van der Waals surface area contributed by atoms with Crippen LogP contribution in [0, 0.1) is 5.41 Å². The van der Waals surface area contributed by atoms with Crippen molar-refractivity contribution >= 4 is 5.97 Å². The molecule has 1 aromatic carbocycles. The Balaban J connectivity index is 2.43. The molecule has 0 fully saturated rings. The third kappa shape index (κ3) is 5.35. The number of hydrogen-bond acceptors (Lipinski definition) is 2. The second-order valence-corrected chi connectivity index (χ2v) is 4.90. The molecule has 1 aromatic rings. The SMILES string of the molecule is CC(C)(C)C/C=C/C(=O)Oc1ccccc1. The van der Waals surface area contributed by atoms with Gasteiger partial charge in [0.05, 0.1) is 0 Å². The van der Waals surface area contributed by atoms with Crippen molar-refractivity contribution in [3.63, 3.8) is 0 Å². The van der Waals surface area contributed by atoms with Crippen molar-refractivity contribution in [1.82, 2.24) is 0 Å². The normalized spacial score (nSPS) is 11.7. The molecule has 0 saturated carbocycles. The van der Waals surface area contributed by atoms with E-state index >= 15 is 0 Å². The molecule has 0 bridgehead atoms. The summed E-state index contributed by atoms with van der Waals surface area (Å²) in [7, 11) is 0. The van der Waals surface area contributed by atoms with Crippen LogP contribution in [0.2, 0.25) is 0 Å². The van der Waals surface area contributed by atoms with Crippen LogP contribution in [0.1, 0.15) is 27.2 Å². The maximum Gasteiger partial charge on any atom is 0.335 e. The number of para-hydroxylation sites is 1. The summed E-state index contributed by atoms with van der Waals surface area (Å²) in [5.74, 6) is 0.253. The fourth-order valence-electron chi connectivity index (χ4n) is 1.15. The summed E-state index contributed by atoms with van der Waals surface area (Å²) in [6, 6.07) is 9.07. The third-order valence-electron chi connectivity index (χ3n) is 1.95. The largest absolute Gasteiger partial charge is 0.423 e. The predicted molar refractivity (Wildman–Crippen MR) is 65.3 cm³/mol. The number of rotatable bonds is 3. The van der Waals surface area contributed by atoms with Gasteiger partial charge in [0.1, 0.15) is 5.75 Å². The maximum absolute atomic E-state index is 11.4. The van der Waals surface area contributed by atoms with Gasteiger partial charge in [-0.25, -0.2) is 4.79 Å². The van der Waals surface area contributed by atoms with Crippen LogP contribution in [-0.2, 0) is 4.79 Å². The Labute approximate surface area is 96.9 Å². The third-order valence-corrected chi connectivity index (χ3v) is 1.95. The molecule has 0 aromatic heterocycles. The minimum atomic E-state index is -0.324. The van der Waals surface area contributed by atoms with E-state index in [0.717, 1.165) is 6.42 Å². The first-order valence-electron chi connectivity index (χ1n) is 5.41. The van der Waals surface area contributed by atoms with Crippen LogP contribution < -0.4 is 4.74 Å². The molecule has 0 aliphatic rings. The highest BCUT2D eigenvalue weighted by Gasteiger charge is 2.07. The number of benzene rings is 1. The maximum atomic E-state index is 11.4. The monoisotopic (exact) mass is 218 g/mol. The van der Waals surface area contributed by atoms with Crippen LogP contribution in [0.4, 0.5) is 0 Å². The lowest BCUT2D eigenvalue weighted by Crippen LogP contribution is -2.06. The summed E-state index contributed by atoms with van der Waals surface area (Å²) in [6.07, 6.45) is 4.19. The Kier molecular flexibility index (Phi) is 4.29. The number of esters is 1. The van der Waals surface area contributed by atoms with E-state index in [1.807, 2.05) is 24.3 Å². The number of carbonyl (C=O) groups is 1. The number of ether oxygens (including phenoxy) is 1. The Morgan fingerprint density at radius 2 is 1.88 bits per heavy atom. The van der Waals surface area contributed by atoms with Gasteiger partial charge in [-0.15, -0.1) is 0 Å². The quantitative estimate of drug-likeness (QED) is 0.440. The zero-order chi connectivity index (χ0) is 12.0. The fraction of sp³-hybridized carbons (Fsp3) is 0.357. The Morgan fingerprint density at radius 1 is 1.25 bits per heavy atom. The molecule has 2 nitrogen and oxygen atoms in total. The molecule has 86 valence electrons. The van der Waals surface area contributed by atoms with Crippen LogP contribution in [0.5, 0.6) is 5.75 Å². The highest BCUT2D eigenvalue weighted by atomic mass is 16.5. The van der Waals surface area contributed by atoms with Crippen molar-refractivity contribution in [1.29, 1.82) is 0 Å². The number of carbonyl (C=O) groups excluding carboxylic acids is 1. The minimum absolute atomic E-state index is 0.198. The highest BCUT2D eigenvalue weighted by molar-refractivity contribution is 5.83. The van der Waals surface area contributed by atoms with Crippen LogP contribution in [0.15, 0.2) is 42.5 Å². The first-order chi connectivity index (χ1) is 7.47. The molecular weight excluding hydrogens is 200 g/mol. The molecule has 0 spiro atoms. The van der Waals surface area contributed by atoms with Crippen LogP contribution in [-0.4, -0.2) is 5.97 Å². The van der Waals surface area contributed by atoms with Gasteiger partial charge in [-0.1, -0.05) is 45.0 Å². The molecule has 1 rings (SSSR count). The lowest BCUT2D eigenvalue weighted by Gasteiger charge is -2.14. The summed E-state index contributed by atoms with van der Waals surface area (Å²) in [6.45, 7) is 6.37. The van der Waals surface area contributed by atoms with E-state index in [1.165, 1.54) is 6.08 Å². The van der Waals surface area contributed by atoms with Crippen molar-refractivity contribution in [3.8, 4) is 5.75 Å². The molecule has 0 saturated heterocycles. The standard InChI is InChI=1S/C14H18O2/c1-14(2,3)11-7-10-13(15)16-12-8-5-4-6-9-12/h4-10H,11H2,1-3H3/b10-7+. The molecule has 0 atom stereocenters. The molecule has 0 amide bonds. The van der Waals surface area contributed by atoms with E-state index in [2.05, 4.69) is 20.8 Å². The van der Waals surface area contributed by atoms with Gasteiger partial charge in [-0.3, -0.25) is 0 Å². The van der Waals surface area contributed by atoms with Gasteiger partial charge in [0.2, 0.25) is 0 Å². The van der Waals surface area contributed by atoms with E-state index in [0.29, 0.717) is 5.75 Å². The minimum Gasteiger partial charge on any atom is -0.423 e. The van der Waals surface area contributed by atoms with Gasteiger partial charge in [0, 0.05) is 6.08 Å². The van der Waals surface area contributed by atoms with Crippen LogP contribution in [0.3, 0.4) is 0 Å². The number of hydrogen-bond donors (Lipinski definition) is 0. The van der Waals surface area contributed by atoms with Crippen molar-refractivity contribution in [2.45, 2.75) is 27.2 Å². The Hall–Kier alpha value is -1.57. The van der Waals surface area contributed by atoms with Crippen molar-refractivity contribution in [2.24, 2.45) is 5.41 Å². The molecule has 2 heteroatoms. The predicted octanol–water partition coefficient (Wildman–Crippen LogP) is 3.58.